The molecule has 0 bridgehead atoms. The van der Waals surface area contributed by atoms with Crippen molar-refractivity contribution in [3.8, 4) is 0 Å². The lowest BCUT2D eigenvalue weighted by Crippen LogP contribution is -1.99. The Balaban J connectivity index is 2.65. The first-order chi connectivity index (χ1) is 6.20. The third-order valence-electron chi connectivity index (χ3n) is 2.71. The minimum Gasteiger partial charge on any atom is -0.0837 e. The van der Waals surface area contributed by atoms with E-state index in [0.29, 0.717) is 0 Å². The Kier molecular flexibility index (Phi) is 2.17. The van der Waals surface area contributed by atoms with Crippen LogP contribution >= 0.6 is 11.6 Å². The number of fused-ring (bicyclic) bond motifs is 1. The summed E-state index contributed by atoms with van der Waals surface area (Å²) >= 11 is 6.25. The predicted octanol–water partition coefficient (Wildman–Crippen LogP) is 4.00. The van der Waals surface area contributed by atoms with Crippen LogP contribution in [-0.4, -0.2) is 0 Å². The van der Waals surface area contributed by atoms with Crippen molar-refractivity contribution < 1.29 is 0 Å². The topological polar surface area (TPSA) is 0 Å². The molecule has 68 valence electrons. The summed E-state index contributed by atoms with van der Waals surface area (Å²) in [6, 6.07) is 4.28. The summed E-state index contributed by atoms with van der Waals surface area (Å²) in [5, 5.41) is 0.963. The molecule has 0 atom stereocenters. The molecule has 0 unspecified atom stereocenters. The maximum atomic E-state index is 6.25. The monoisotopic (exact) mass is 192 g/mol. The molecule has 0 saturated carbocycles. The van der Waals surface area contributed by atoms with Gasteiger partial charge in [0.1, 0.15) is 0 Å². The largest absolute Gasteiger partial charge is 0.0837 e. The Morgan fingerprint density at radius 1 is 1.23 bits per heavy atom. The molecule has 1 aliphatic rings. The van der Waals surface area contributed by atoms with Gasteiger partial charge in [-0.05, 0) is 49.0 Å². The van der Waals surface area contributed by atoms with Gasteiger partial charge in [0.15, 0.2) is 0 Å². The van der Waals surface area contributed by atoms with Crippen LogP contribution < -0.4 is 0 Å². The summed E-state index contributed by atoms with van der Waals surface area (Å²) < 4.78 is 0. The number of benzene rings is 1. The molecule has 0 saturated heterocycles. The zero-order valence-electron chi connectivity index (χ0n) is 8.02. The van der Waals surface area contributed by atoms with Crippen LogP contribution in [0.5, 0.6) is 0 Å². The van der Waals surface area contributed by atoms with E-state index in [1.807, 2.05) is 0 Å². The summed E-state index contributed by atoms with van der Waals surface area (Å²) in [4.78, 5) is 0. The summed E-state index contributed by atoms with van der Waals surface area (Å²) in [7, 11) is 0. The van der Waals surface area contributed by atoms with Gasteiger partial charge < -0.3 is 0 Å². The van der Waals surface area contributed by atoms with Crippen LogP contribution in [-0.2, 0) is 6.42 Å². The molecule has 2 rings (SSSR count). The van der Waals surface area contributed by atoms with Crippen molar-refractivity contribution >= 4 is 17.2 Å². The molecule has 1 aliphatic carbocycles. The highest BCUT2D eigenvalue weighted by Crippen LogP contribution is 2.32. The third-order valence-corrected chi connectivity index (χ3v) is 3.23. The molecular formula is C12H13Cl. The first-order valence-corrected chi connectivity index (χ1v) is 5.03. The van der Waals surface area contributed by atoms with E-state index in [1.165, 1.54) is 22.3 Å². The van der Waals surface area contributed by atoms with Gasteiger partial charge in [0.25, 0.3) is 0 Å². The normalized spacial score (nSPS) is 15.2. The first kappa shape index (κ1) is 8.83. The summed E-state index contributed by atoms with van der Waals surface area (Å²) in [6.07, 6.45) is 4.50. The molecule has 0 radical (unpaired) electrons. The van der Waals surface area contributed by atoms with E-state index in [1.54, 1.807) is 0 Å². The third kappa shape index (κ3) is 1.40. The van der Waals surface area contributed by atoms with Crippen molar-refractivity contribution in [2.24, 2.45) is 0 Å². The number of hydrogen-bond acceptors (Lipinski definition) is 0. The molecule has 0 aliphatic heterocycles. The predicted molar refractivity (Wildman–Crippen MR) is 58.2 cm³/mol. The van der Waals surface area contributed by atoms with Gasteiger partial charge in [-0.15, -0.1) is 0 Å². The molecule has 0 heterocycles. The standard InChI is InChI=1S/C12H13Cl/c1-8-4-3-5-11-10(8)7-6-9(2)12(11)13/h4,6-7H,3,5H2,1-2H3. The Bertz CT molecular complexity index is 375. The van der Waals surface area contributed by atoms with E-state index in [0.717, 1.165) is 17.9 Å². The fraction of sp³-hybridized carbons (Fsp3) is 0.333. The van der Waals surface area contributed by atoms with Gasteiger partial charge in [-0.3, -0.25) is 0 Å². The van der Waals surface area contributed by atoms with Gasteiger partial charge in [-0.1, -0.05) is 29.8 Å². The quantitative estimate of drug-likeness (QED) is 0.583. The van der Waals surface area contributed by atoms with Crippen LogP contribution in [0.4, 0.5) is 0 Å². The molecule has 0 nitrogen and oxygen atoms in total. The number of allylic oxidation sites excluding steroid dienone is 2. The molecule has 0 N–H and O–H groups in total. The van der Waals surface area contributed by atoms with Crippen molar-refractivity contribution in [3.05, 3.63) is 39.9 Å². The number of halogens is 1. The SMILES string of the molecule is CC1=CCCc2c1ccc(C)c2Cl. The van der Waals surface area contributed by atoms with Crippen molar-refractivity contribution in [2.75, 3.05) is 0 Å². The van der Waals surface area contributed by atoms with E-state index in [4.69, 9.17) is 11.6 Å². The van der Waals surface area contributed by atoms with E-state index in [-0.39, 0.29) is 0 Å². The van der Waals surface area contributed by atoms with Gasteiger partial charge in [0.2, 0.25) is 0 Å². The average molecular weight is 193 g/mol. The second-order valence-electron chi connectivity index (χ2n) is 3.65. The fourth-order valence-electron chi connectivity index (χ4n) is 1.90. The Labute approximate surface area is 84.2 Å². The van der Waals surface area contributed by atoms with Crippen molar-refractivity contribution in [1.29, 1.82) is 0 Å². The highest BCUT2D eigenvalue weighted by molar-refractivity contribution is 6.32. The van der Waals surface area contributed by atoms with Crippen LogP contribution in [0.1, 0.15) is 30.0 Å². The first-order valence-electron chi connectivity index (χ1n) is 4.65. The van der Waals surface area contributed by atoms with E-state index < -0.39 is 0 Å². The Hall–Kier alpha value is -0.750. The van der Waals surface area contributed by atoms with Gasteiger partial charge in [-0.2, -0.15) is 0 Å². The molecule has 1 heteroatoms. The highest BCUT2D eigenvalue weighted by atomic mass is 35.5. The molecular weight excluding hydrogens is 180 g/mol. The lowest BCUT2D eigenvalue weighted by atomic mass is 9.90. The minimum atomic E-state index is 0.963. The molecule has 0 aromatic heterocycles. The smallest absolute Gasteiger partial charge is 0.0473 e. The van der Waals surface area contributed by atoms with Crippen LogP contribution in [0.25, 0.3) is 5.57 Å². The molecule has 0 fully saturated rings. The molecule has 1 aromatic rings. The number of hydrogen-bond donors (Lipinski definition) is 0. The summed E-state index contributed by atoms with van der Waals surface area (Å²) in [5.74, 6) is 0. The fourth-order valence-corrected chi connectivity index (χ4v) is 2.15. The second-order valence-corrected chi connectivity index (χ2v) is 4.03. The van der Waals surface area contributed by atoms with E-state index in [9.17, 15) is 0 Å². The van der Waals surface area contributed by atoms with Gasteiger partial charge in [0, 0.05) is 5.02 Å². The average Bonchev–Trinajstić information content (AvgIpc) is 2.12. The van der Waals surface area contributed by atoms with Crippen LogP contribution in [0.3, 0.4) is 0 Å². The molecule has 13 heavy (non-hydrogen) atoms. The van der Waals surface area contributed by atoms with Gasteiger partial charge >= 0.3 is 0 Å². The molecule has 0 amide bonds. The van der Waals surface area contributed by atoms with Crippen molar-refractivity contribution in [1.82, 2.24) is 0 Å². The van der Waals surface area contributed by atoms with Crippen LogP contribution in [0.15, 0.2) is 18.2 Å². The number of aryl methyl sites for hydroxylation is 1. The van der Waals surface area contributed by atoms with Crippen LogP contribution in [0.2, 0.25) is 5.02 Å². The Morgan fingerprint density at radius 3 is 2.77 bits per heavy atom. The lowest BCUT2D eigenvalue weighted by Gasteiger charge is -2.17. The maximum Gasteiger partial charge on any atom is 0.0473 e. The Morgan fingerprint density at radius 2 is 2.00 bits per heavy atom. The minimum absolute atomic E-state index is 0.963. The maximum absolute atomic E-state index is 6.25. The molecule has 0 spiro atoms. The summed E-state index contributed by atoms with van der Waals surface area (Å²) in [5.41, 5.74) is 5.22. The van der Waals surface area contributed by atoms with Crippen LogP contribution in [0, 0.1) is 6.92 Å². The van der Waals surface area contributed by atoms with Crippen molar-refractivity contribution in [2.45, 2.75) is 26.7 Å². The van der Waals surface area contributed by atoms with E-state index in [2.05, 4.69) is 32.1 Å². The van der Waals surface area contributed by atoms with Crippen molar-refractivity contribution in [3.63, 3.8) is 0 Å². The summed E-state index contributed by atoms with van der Waals surface area (Å²) in [6.45, 7) is 4.22. The van der Waals surface area contributed by atoms with E-state index >= 15 is 0 Å². The molecule has 1 aromatic carbocycles. The zero-order chi connectivity index (χ0) is 9.42. The second kappa shape index (κ2) is 3.19. The zero-order valence-corrected chi connectivity index (χ0v) is 8.78. The highest BCUT2D eigenvalue weighted by Gasteiger charge is 2.13. The van der Waals surface area contributed by atoms with Gasteiger partial charge in [-0.25, -0.2) is 0 Å². The number of rotatable bonds is 0. The van der Waals surface area contributed by atoms with Gasteiger partial charge in [0.05, 0.1) is 0 Å². The lowest BCUT2D eigenvalue weighted by molar-refractivity contribution is 0.972.